The molecule has 90 valence electrons. The normalized spacial score (nSPS) is 10.5. The van der Waals surface area contributed by atoms with E-state index in [0.29, 0.717) is 18.4 Å². The van der Waals surface area contributed by atoms with E-state index in [1.807, 2.05) is 24.3 Å². The minimum Gasteiger partial charge on any atom is -0.491 e. The van der Waals surface area contributed by atoms with Gasteiger partial charge in [0.1, 0.15) is 12.4 Å². The van der Waals surface area contributed by atoms with E-state index >= 15 is 0 Å². The lowest BCUT2D eigenvalue weighted by Crippen LogP contribution is -2.04. The first kappa shape index (κ1) is 11.9. The molecule has 7 heteroatoms. The molecule has 1 heterocycles. The van der Waals surface area contributed by atoms with Crippen molar-refractivity contribution >= 4 is 12.6 Å². The topological polar surface area (TPSA) is 62.1 Å². The molecule has 0 spiro atoms. The number of methoxy groups -OCH3 is 1. The lowest BCUT2D eigenvalue weighted by atomic mass is 10.3. The van der Waals surface area contributed by atoms with Crippen molar-refractivity contribution in [2.24, 2.45) is 0 Å². The number of nitrogens with zero attached hydrogens (tertiary/aromatic N) is 4. The fourth-order valence-electron chi connectivity index (χ4n) is 1.28. The van der Waals surface area contributed by atoms with Gasteiger partial charge in [0.2, 0.25) is 5.16 Å². The van der Waals surface area contributed by atoms with Crippen LogP contribution in [0.5, 0.6) is 5.75 Å². The standard InChI is InChI=1S/C10H12N4O2S/c1-15-6-7-16-9-4-2-8(3-5-9)14-10(17)11-12-13-14/h2-5H,6-7H2,1H3,(H,11,13,17). The van der Waals surface area contributed by atoms with E-state index in [4.69, 9.17) is 9.47 Å². The zero-order valence-corrected chi connectivity index (χ0v) is 10.2. The van der Waals surface area contributed by atoms with E-state index in [1.54, 1.807) is 7.11 Å². The van der Waals surface area contributed by atoms with Crippen molar-refractivity contribution in [2.45, 2.75) is 5.16 Å². The van der Waals surface area contributed by atoms with Crippen LogP contribution in [0.1, 0.15) is 0 Å². The predicted molar refractivity (Wildman–Crippen MR) is 63.8 cm³/mol. The van der Waals surface area contributed by atoms with Crippen molar-refractivity contribution in [3.63, 3.8) is 0 Å². The minimum absolute atomic E-state index is 0.443. The molecular formula is C10H12N4O2S. The highest BCUT2D eigenvalue weighted by Gasteiger charge is 2.03. The zero-order valence-electron chi connectivity index (χ0n) is 9.28. The average molecular weight is 252 g/mol. The third-order valence-corrected chi connectivity index (χ3v) is 2.37. The number of thiol groups is 1. The highest BCUT2D eigenvalue weighted by atomic mass is 32.1. The van der Waals surface area contributed by atoms with Gasteiger partial charge in [0, 0.05) is 7.11 Å². The number of rotatable bonds is 5. The number of tetrazole rings is 1. The Balaban J connectivity index is 2.06. The molecule has 0 N–H and O–H groups in total. The molecule has 6 nitrogen and oxygen atoms in total. The van der Waals surface area contributed by atoms with E-state index in [-0.39, 0.29) is 0 Å². The van der Waals surface area contributed by atoms with E-state index in [1.165, 1.54) is 4.68 Å². The first-order valence-corrected chi connectivity index (χ1v) is 5.45. The third-order valence-electron chi connectivity index (χ3n) is 2.09. The lowest BCUT2D eigenvalue weighted by molar-refractivity contribution is 0.146. The van der Waals surface area contributed by atoms with Crippen LogP contribution in [0.4, 0.5) is 0 Å². The van der Waals surface area contributed by atoms with Crippen LogP contribution in [-0.2, 0) is 4.74 Å². The fraction of sp³-hybridized carbons (Fsp3) is 0.300. The van der Waals surface area contributed by atoms with Crippen molar-refractivity contribution in [2.75, 3.05) is 20.3 Å². The Morgan fingerprint density at radius 2 is 2.00 bits per heavy atom. The molecule has 0 aliphatic heterocycles. The van der Waals surface area contributed by atoms with Crippen LogP contribution in [0.25, 0.3) is 5.69 Å². The highest BCUT2D eigenvalue weighted by Crippen LogP contribution is 2.16. The molecule has 0 aliphatic carbocycles. The van der Waals surface area contributed by atoms with E-state index < -0.39 is 0 Å². The van der Waals surface area contributed by atoms with Crippen molar-refractivity contribution in [1.82, 2.24) is 20.2 Å². The Kier molecular flexibility index (Phi) is 3.94. The van der Waals surface area contributed by atoms with Gasteiger partial charge in [-0.15, -0.1) is 17.7 Å². The molecule has 0 saturated carbocycles. The Labute approximate surface area is 104 Å². The summed E-state index contributed by atoms with van der Waals surface area (Å²) >= 11 is 4.13. The smallest absolute Gasteiger partial charge is 0.211 e. The van der Waals surface area contributed by atoms with Crippen LogP contribution in [-0.4, -0.2) is 40.5 Å². The quantitative estimate of drug-likeness (QED) is 0.635. The average Bonchev–Trinajstić information content (AvgIpc) is 2.77. The van der Waals surface area contributed by atoms with Crippen LogP contribution in [0.15, 0.2) is 29.4 Å². The van der Waals surface area contributed by atoms with Gasteiger partial charge in [-0.1, -0.05) is 0 Å². The van der Waals surface area contributed by atoms with Gasteiger partial charge in [-0.05, 0) is 34.7 Å². The Morgan fingerprint density at radius 3 is 2.59 bits per heavy atom. The second-order valence-corrected chi connectivity index (χ2v) is 3.63. The summed E-state index contributed by atoms with van der Waals surface area (Å²) in [5, 5.41) is 11.5. The number of hydrogen-bond acceptors (Lipinski definition) is 6. The van der Waals surface area contributed by atoms with E-state index in [2.05, 4.69) is 28.2 Å². The second-order valence-electron chi connectivity index (χ2n) is 3.23. The fourth-order valence-corrected chi connectivity index (χ4v) is 1.47. The molecule has 0 radical (unpaired) electrons. The molecule has 0 unspecified atom stereocenters. The molecule has 2 rings (SSSR count). The van der Waals surface area contributed by atoms with Gasteiger partial charge in [-0.25, -0.2) is 0 Å². The summed E-state index contributed by atoms with van der Waals surface area (Å²) in [6, 6.07) is 7.41. The van der Waals surface area contributed by atoms with Crippen LogP contribution < -0.4 is 4.74 Å². The number of benzene rings is 1. The van der Waals surface area contributed by atoms with Crippen LogP contribution in [0.3, 0.4) is 0 Å². The lowest BCUT2D eigenvalue weighted by Gasteiger charge is -2.06. The van der Waals surface area contributed by atoms with Crippen molar-refractivity contribution in [3.8, 4) is 11.4 Å². The maximum atomic E-state index is 5.44. The van der Waals surface area contributed by atoms with Gasteiger partial charge >= 0.3 is 0 Å². The molecule has 17 heavy (non-hydrogen) atoms. The molecule has 0 amide bonds. The molecule has 0 saturated heterocycles. The summed E-state index contributed by atoms with van der Waals surface area (Å²) < 4.78 is 11.9. The van der Waals surface area contributed by atoms with E-state index in [9.17, 15) is 0 Å². The van der Waals surface area contributed by atoms with Gasteiger partial charge in [0.15, 0.2) is 0 Å². The first-order chi connectivity index (χ1) is 8.31. The first-order valence-electron chi connectivity index (χ1n) is 5.01. The maximum absolute atomic E-state index is 5.44. The molecule has 0 aliphatic rings. The summed E-state index contributed by atoms with van der Waals surface area (Å²) in [6.45, 7) is 1.09. The van der Waals surface area contributed by atoms with Crippen molar-refractivity contribution in [3.05, 3.63) is 24.3 Å². The highest BCUT2D eigenvalue weighted by molar-refractivity contribution is 7.80. The third kappa shape index (κ3) is 2.95. The summed E-state index contributed by atoms with van der Waals surface area (Å²) in [7, 11) is 1.64. The molecule has 2 aromatic rings. The Bertz CT molecular complexity index is 471. The van der Waals surface area contributed by atoms with Gasteiger partial charge in [0.05, 0.1) is 12.3 Å². The minimum atomic E-state index is 0.443. The number of aromatic nitrogens is 4. The second kappa shape index (κ2) is 5.65. The Hall–Kier alpha value is -1.60. The largest absolute Gasteiger partial charge is 0.491 e. The van der Waals surface area contributed by atoms with Gasteiger partial charge < -0.3 is 9.47 Å². The Morgan fingerprint density at radius 1 is 1.24 bits per heavy atom. The van der Waals surface area contributed by atoms with Gasteiger partial charge in [0.25, 0.3) is 0 Å². The molecule has 1 aromatic carbocycles. The summed E-state index contributed by atoms with van der Waals surface area (Å²) in [4.78, 5) is 0. The molecule has 0 bridgehead atoms. The summed E-state index contributed by atoms with van der Waals surface area (Å²) in [5.41, 5.74) is 0.832. The molecule has 1 aromatic heterocycles. The maximum Gasteiger partial charge on any atom is 0.211 e. The summed E-state index contributed by atoms with van der Waals surface area (Å²) in [6.07, 6.45) is 0. The van der Waals surface area contributed by atoms with Crippen LogP contribution in [0, 0.1) is 0 Å². The molecular weight excluding hydrogens is 240 g/mol. The zero-order chi connectivity index (χ0) is 12.1. The van der Waals surface area contributed by atoms with Crippen molar-refractivity contribution < 1.29 is 9.47 Å². The molecule has 0 atom stereocenters. The molecule has 0 fully saturated rings. The number of hydrogen-bond donors (Lipinski definition) is 1. The monoisotopic (exact) mass is 252 g/mol. The SMILES string of the molecule is COCCOc1ccc(-n2nnnc2S)cc1. The van der Waals surface area contributed by atoms with Crippen LogP contribution in [0.2, 0.25) is 0 Å². The van der Waals surface area contributed by atoms with Crippen molar-refractivity contribution in [1.29, 1.82) is 0 Å². The van der Waals surface area contributed by atoms with Gasteiger partial charge in [-0.2, -0.15) is 4.68 Å². The number of ether oxygens (including phenoxy) is 2. The van der Waals surface area contributed by atoms with E-state index in [0.717, 1.165) is 11.4 Å². The van der Waals surface area contributed by atoms with Crippen LogP contribution >= 0.6 is 12.6 Å². The summed E-state index contributed by atoms with van der Waals surface area (Å²) in [5.74, 6) is 0.777. The predicted octanol–water partition coefficient (Wildman–Crippen LogP) is 0.976. The van der Waals surface area contributed by atoms with Gasteiger partial charge in [-0.3, -0.25) is 0 Å².